The third-order valence-corrected chi connectivity index (χ3v) is 4.87. The van der Waals surface area contributed by atoms with Crippen LogP contribution in [0.15, 0.2) is 48.5 Å². The van der Waals surface area contributed by atoms with E-state index in [-0.39, 0.29) is 5.97 Å². The molecule has 132 valence electrons. The zero-order valence-corrected chi connectivity index (χ0v) is 15.1. The summed E-state index contributed by atoms with van der Waals surface area (Å²) in [6.45, 7) is 8.33. The lowest BCUT2D eigenvalue weighted by molar-refractivity contribution is 0.0600. The lowest BCUT2D eigenvalue weighted by Crippen LogP contribution is -2.45. The normalized spacial score (nSPS) is 15.9. The second-order valence-electron chi connectivity index (χ2n) is 6.67. The number of hydrogen-bond acceptors (Lipinski definition) is 4. The summed E-state index contributed by atoms with van der Waals surface area (Å²) < 4.78 is 4.80. The lowest BCUT2D eigenvalue weighted by Gasteiger charge is -2.35. The Labute approximate surface area is 150 Å². The van der Waals surface area contributed by atoms with Crippen LogP contribution in [0.5, 0.6) is 0 Å². The third kappa shape index (κ3) is 4.68. The highest BCUT2D eigenvalue weighted by Crippen LogP contribution is 2.15. The average molecular weight is 338 g/mol. The van der Waals surface area contributed by atoms with Crippen LogP contribution in [0.25, 0.3) is 0 Å². The van der Waals surface area contributed by atoms with Crippen molar-refractivity contribution >= 4 is 5.97 Å². The minimum Gasteiger partial charge on any atom is -0.465 e. The van der Waals surface area contributed by atoms with E-state index in [9.17, 15) is 4.79 Å². The lowest BCUT2D eigenvalue weighted by atomic mass is 10.1. The van der Waals surface area contributed by atoms with E-state index in [1.165, 1.54) is 18.2 Å². The van der Waals surface area contributed by atoms with Crippen LogP contribution in [0, 0.1) is 6.92 Å². The van der Waals surface area contributed by atoms with Gasteiger partial charge in [-0.2, -0.15) is 0 Å². The molecular weight excluding hydrogens is 312 g/mol. The molecule has 0 radical (unpaired) electrons. The van der Waals surface area contributed by atoms with Gasteiger partial charge < -0.3 is 4.74 Å². The Hall–Kier alpha value is -2.17. The number of methoxy groups -OCH3 is 1. The number of esters is 1. The fourth-order valence-corrected chi connectivity index (χ4v) is 3.31. The third-order valence-electron chi connectivity index (χ3n) is 4.87. The van der Waals surface area contributed by atoms with Crippen LogP contribution in [-0.4, -0.2) is 49.1 Å². The molecule has 1 saturated heterocycles. The molecule has 4 nitrogen and oxygen atoms in total. The summed E-state index contributed by atoms with van der Waals surface area (Å²) in [4.78, 5) is 16.6. The SMILES string of the molecule is COC(=O)c1cccc(CN2CCN(Cc3ccccc3C)CC2)c1. The summed E-state index contributed by atoms with van der Waals surface area (Å²) in [5.41, 5.74) is 4.57. The first-order valence-corrected chi connectivity index (χ1v) is 8.82. The van der Waals surface area contributed by atoms with Gasteiger partial charge >= 0.3 is 5.97 Å². The fraction of sp³-hybridized carbons (Fsp3) is 0.381. The van der Waals surface area contributed by atoms with Crippen LogP contribution in [0.3, 0.4) is 0 Å². The highest BCUT2D eigenvalue weighted by atomic mass is 16.5. The quantitative estimate of drug-likeness (QED) is 0.785. The molecule has 1 heterocycles. The molecule has 0 spiro atoms. The molecule has 25 heavy (non-hydrogen) atoms. The Morgan fingerprint density at radius 3 is 2.32 bits per heavy atom. The predicted octanol–water partition coefficient (Wildman–Crippen LogP) is 3.10. The van der Waals surface area contributed by atoms with Crippen LogP contribution >= 0.6 is 0 Å². The first-order valence-electron chi connectivity index (χ1n) is 8.82. The molecule has 2 aromatic carbocycles. The smallest absolute Gasteiger partial charge is 0.337 e. The Morgan fingerprint density at radius 1 is 0.960 bits per heavy atom. The van der Waals surface area contributed by atoms with Gasteiger partial charge in [-0.15, -0.1) is 0 Å². The molecule has 0 aromatic heterocycles. The summed E-state index contributed by atoms with van der Waals surface area (Å²) in [6.07, 6.45) is 0. The Kier molecular flexibility index (Phi) is 5.84. The van der Waals surface area contributed by atoms with Crippen molar-refractivity contribution in [3.8, 4) is 0 Å². The Balaban J connectivity index is 1.53. The molecule has 1 fully saturated rings. The molecule has 0 unspecified atom stereocenters. The molecular formula is C21H26N2O2. The van der Waals surface area contributed by atoms with Crippen LogP contribution in [0.2, 0.25) is 0 Å². The van der Waals surface area contributed by atoms with E-state index >= 15 is 0 Å². The van der Waals surface area contributed by atoms with E-state index in [0.29, 0.717) is 5.56 Å². The van der Waals surface area contributed by atoms with Gasteiger partial charge in [0, 0.05) is 39.3 Å². The monoisotopic (exact) mass is 338 g/mol. The van der Waals surface area contributed by atoms with Crippen molar-refractivity contribution < 1.29 is 9.53 Å². The molecule has 0 N–H and O–H groups in total. The molecule has 0 atom stereocenters. The molecule has 0 saturated carbocycles. The highest BCUT2D eigenvalue weighted by Gasteiger charge is 2.18. The summed E-state index contributed by atoms with van der Waals surface area (Å²) in [5, 5.41) is 0. The summed E-state index contributed by atoms with van der Waals surface area (Å²) in [5.74, 6) is -0.273. The molecule has 1 aliphatic heterocycles. The van der Waals surface area contributed by atoms with Gasteiger partial charge in [0.15, 0.2) is 0 Å². The van der Waals surface area contributed by atoms with Gasteiger partial charge in [0.05, 0.1) is 12.7 Å². The minimum atomic E-state index is -0.273. The van der Waals surface area contributed by atoms with Gasteiger partial charge in [-0.3, -0.25) is 9.80 Å². The van der Waals surface area contributed by atoms with Crippen LogP contribution in [0.1, 0.15) is 27.0 Å². The number of hydrogen-bond donors (Lipinski definition) is 0. The first kappa shape index (κ1) is 17.6. The number of benzene rings is 2. The fourth-order valence-electron chi connectivity index (χ4n) is 3.31. The number of rotatable bonds is 5. The maximum atomic E-state index is 11.7. The predicted molar refractivity (Wildman–Crippen MR) is 99.5 cm³/mol. The van der Waals surface area contributed by atoms with Crippen molar-refractivity contribution in [3.63, 3.8) is 0 Å². The summed E-state index contributed by atoms with van der Waals surface area (Å²) in [6, 6.07) is 16.4. The van der Waals surface area contributed by atoms with Crippen LogP contribution in [0.4, 0.5) is 0 Å². The van der Waals surface area contributed by atoms with Gasteiger partial charge in [-0.25, -0.2) is 4.79 Å². The molecule has 4 heteroatoms. The van der Waals surface area contributed by atoms with Gasteiger partial charge in [0.1, 0.15) is 0 Å². The van der Waals surface area contributed by atoms with Crippen molar-refractivity contribution in [2.24, 2.45) is 0 Å². The first-order chi connectivity index (χ1) is 12.2. The second-order valence-corrected chi connectivity index (χ2v) is 6.67. The van der Waals surface area contributed by atoms with E-state index < -0.39 is 0 Å². The van der Waals surface area contributed by atoms with Crippen molar-refractivity contribution in [2.75, 3.05) is 33.3 Å². The second kappa shape index (κ2) is 8.28. The molecule has 0 aliphatic carbocycles. The number of aryl methyl sites for hydroxylation is 1. The molecule has 2 aromatic rings. The number of piperazine rings is 1. The van der Waals surface area contributed by atoms with Crippen LogP contribution < -0.4 is 0 Å². The molecule has 1 aliphatic rings. The number of carbonyl (C=O) groups excluding carboxylic acids is 1. The zero-order chi connectivity index (χ0) is 17.6. The summed E-state index contributed by atoms with van der Waals surface area (Å²) in [7, 11) is 1.42. The maximum Gasteiger partial charge on any atom is 0.337 e. The highest BCUT2D eigenvalue weighted by molar-refractivity contribution is 5.89. The van der Waals surface area contributed by atoms with Gasteiger partial charge in [-0.1, -0.05) is 36.4 Å². The average Bonchev–Trinajstić information content (AvgIpc) is 2.65. The summed E-state index contributed by atoms with van der Waals surface area (Å²) >= 11 is 0. The Bertz CT molecular complexity index is 721. The Morgan fingerprint density at radius 2 is 1.64 bits per heavy atom. The van der Waals surface area contributed by atoms with E-state index in [2.05, 4.69) is 47.1 Å². The van der Waals surface area contributed by atoms with Crippen molar-refractivity contribution in [1.29, 1.82) is 0 Å². The molecule has 0 amide bonds. The van der Waals surface area contributed by atoms with E-state index in [1.807, 2.05) is 12.1 Å². The zero-order valence-electron chi connectivity index (χ0n) is 15.1. The van der Waals surface area contributed by atoms with E-state index in [4.69, 9.17) is 4.74 Å². The minimum absolute atomic E-state index is 0.273. The van der Waals surface area contributed by atoms with Gasteiger partial charge in [0.25, 0.3) is 0 Å². The number of nitrogens with zero attached hydrogens (tertiary/aromatic N) is 2. The maximum absolute atomic E-state index is 11.7. The van der Waals surface area contributed by atoms with Crippen molar-refractivity contribution in [1.82, 2.24) is 9.80 Å². The number of ether oxygens (including phenoxy) is 1. The largest absolute Gasteiger partial charge is 0.465 e. The van der Waals surface area contributed by atoms with E-state index in [1.54, 1.807) is 6.07 Å². The molecule has 0 bridgehead atoms. The standard InChI is InChI=1S/C21H26N2O2/c1-17-6-3-4-8-20(17)16-23-12-10-22(11-13-23)15-18-7-5-9-19(14-18)21(24)25-2/h3-9,14H,10-13,15-16H2,1-2H3. The molecule has 3 rings (SSSR count). The van der Waals surface area contributed by atoms with Crippen molar-refractivity contribution in [2.45, 2.75) is 20.0 Å². The van der Waals surface area contributed by atoms with Crippen molar-refractivity contribution in [3.05, 3.63) is 70.8 Å². The number of carbonyl (C=O) groups is 1. The topological polar surface area (TPSA) is 32.8 Å². The van der Waals surface area contributed by atoms with E-state index in [0.717, 1.165) is 44.8 Å². The van der Waals surface area contributed by atoms with Gasteiger partial charge in [-0.05, 0) is 35.7 Å². The van der Waals surface area contributed by atoms with Crippen LogP contribution in [-0.2, 0) is 17.8 Å². The van der Waals surface area contributed by atoms with Gasteiger partial charge in [0.2, 0.25) is 0 Å².